The molecule has 0 saturated carbocycles. The predicted molar refractivity (Wildman–Crippen MR) is 125 cm³/mol. The summed E-state index contributed by atoms with van der Waals surface area (Å²) < 4.78 is 5.49. The lowest BCUT2D eigenvalue weighted by Gasteiger charge is -2.27. The van der Waals surface area contributed by atoms with Crippen LogP contribution in [0, 0.1) is 17.2 Å². The Labute approximate surface area is 189 Å². The summed E-state index contributed by atoms with van der Waals surface area (Å²) in [6, 6.07) is 19.0. The number of nitriles is 1. The van der Waals surface area contributed by atoms with Crippen LogP contribution in [0.2, 0.25) is 0 Å². The zero-order valence-electron chi connectivity index (χ0n) is 17.2. The third-order valence-electron chi connectivity index (χ3n) is 5.28. The van der Waals surface area contributed by atoms with Crippen molar-refractivity contribution in [1.82, 2.24) is 0 Å². The van der Waals surface area contributed by atoms with Crippen molar-refractivity contribution in [3.63, 3.8) is 0 Å². The van der Waals surface area contributed by atoms with Gasteiger partial charge in [0.25, 0.3) is 0 Å². The molecule has 0 aliphatic carbocycles. The number of aliphatic imine (C=N–C) groups is 1. The zero-order chi connectivity index (χ0) is 22.7. The third kappa shape index (κ3) is 4.15. The van der Waals surface area contributed by atoms with Gasteiger partial charge >= 0.3 is 0 Å². The number of anilines is 1. The van der Waals surface area contributed by atoms with Crippen LogP contribution in [0.4, 0.5) is 5.69 Å². The standard InChI is InChI=1S/C24H20N4O3S/c1-14-21(23(26)30)22(19-10-5-11-31-19)17(12-25)24(27-14)32-13-20(29)28-18-9-4-7-15-6-2-3-8-16(15)18/h2-11,21-22H,13H2,1H3,(H2,26,30)(H,28,29)/t21?,22-/m0/s1. The number of hydrogen-bond acceptors (Lipinski definition) is 6. The molecule has 1 unspecified atom stereocenters. The molecule has 1 aliphatic rings. The van der Waals surface area contributed by atoms with E-state index in [9.17, 15) is 14.9 Å². The van der Waals surface area contributed by atoms with Crippen molar-refractivity contribution in [3.8, 4) is 6.07 Å². The molecule has 8 heteroatoms. The number of amides is 2. The average molecular weight is 445 g/mol. The molecule has 3 aromatic rings. The monoisotopic (exact) mass is 444 g/mol. The van der Waals surface area contributed by atoms with Crippen LogP contribution in [-0.2, 0) is 9.59 Å². The lowest BCUT2D eigenvalue weighted by atomic mass is 9.80. The fraction of sp³-hybridized carbons (Fsp3) is 0.167. The average Bonchev–Trinajstić information content (AvgIpc) is 3.32. The van der Waals surface area contributed by atoms with Gasteiger partial charge in [-0.05, 0) is 30.5 Å². The molecule has 0 bridgehead atoms. The number of nitrogens with two attached hydrogens (primary N) is 1. The van der Waals surface area contributed by atoms with Crippen LogP contribution < -0.4 is 11.1 Å². The van der Waals surface area contributed by atoms with Crippen molar-refractivity contribution in [3.05, 3.63) is 77.2 Å². The molecule has 2 heterocycles. The molecule has 2 amide bonds. The van der Waals surface area contributed by atoms with Crippen molar-refractivity contribution in [2.24, 2.45) is 16.6 Å². The molecule has 3 N–H and O–H groups in total. The van der Waals surface area contributed by atoms with Crippen LogP contribution in [0.5, 0.6) is 0 Å². The second kappa shape index (κ2) is 9.12. The summed E-state index contributed by atoms with van der Waals surface area (Å²) in [7, 11) is 0. The van der Waals surface area contributed by atoms with Gasteiger partial charge in [0.05, 0.1) is 35.5 Å². The van der Waals surface area contributed by atoms with E-state index in [1.165, 1.54) is 6.26 Å². The first-order valence-electron chi connectivity index (χ1n) is 9.92. The first-order valence-corrected chi connectivity index (χ1v) is 10.9. The number of rotatable bonds is 6. The molecule has 0 saturated heterocycles. The number of hydrogen-bond donors (Lipinski definition) is 2. The third-order valence-corrected chi connectivity index (χ3v) is 6.27. The summed E-state index contributed by atoms with van der Waals surface area (Å²) >= 11 is 1.15. The molecule has 1 aliphatic heterocycles. The molecule has 0 radical (unpaired) electrons. The summed E-state index contributed by atoms with van der Waals surface area (Å²) in [6.07, 6.45) is 1.48. The van der Waals surface area contributed by atoms with E-state index in [0.29, 0.717) is 22.2 Å². The lowest BCUT2D eigenvalue weighted by Crippen LogP contribution is -2.37. The number of nitrogens with zero attached hydrogens (tertiary/aromatic N) is 2. The highest BCUT2D eigenvalue weighted by molar-refractivity contribution is 8.03. The molecule has 32 heavy (non-hydrogen) atoms. The van der Waals surface area contributed by atoms with E-state index in [0.717, 1.165) is 22.5 Å². The van der Waals surface area contributed by atoms with Crippen LogP contribution in [-0.4, -0.2) is 23.3 Å². The van der Waals surface area contributed by atoms with Gasteiger partial charge in [-0.2, -0.15) is 5.26 Å². The molecular weight excluding hydrogens is 424 g/mol. The molecule has 2 aromatic carbocycles. The highest BCUT2D eigenvalue weighted by Crippen LogP contribution is 2.41. The van der Waals surface area contributed by atoms with Crippen LogP contribution in [0.1, 0.15) is 18.6 Å². The maximum atomic E-state index is 12.7. The summed E-state index contributed by atoms with van der Waals surface area (Å²) in [5, 5.41) is 15.1. The Kier molecular flexibility index (Phi) is 6.10. The fourth-order valence-electron chi connectivity index (χ4n) is 3.86. The van der Waals surface area contributed by atoms with Gasteiger partial charge in [0.1, 0.15) is 10.8 Å². The van der Waals surface area contributed by atoms with Crippen molar-refractivity contribution in [2.75, 3.05) is 11.1 Å². The van der Waals surface area contributed by atoms with Crippen LogP contribution >= 0.6 is 11.8 Å². The second-order valence-electron chi connectivity index (χ2n) is 7.32. The van der Waals surface area contributed by atoms with Gasteiger partial charge in [-0.25, -0.2) is 4.99 Å². The van der Waals surface area contributed by atoms with Gasteiger partial charge in [-0.3, -0.25) is 9.59 Å². The fourth-order valence-corrected chi connectivity index (χ4v) is 4.73. The second-order valence-corrected chi connectivity index (χ2v) is 8.28. The number of thioether (sulfide) groups is 1. The van der Waals surface area contributed by atoms with Crippen molar-refractivity contribution in [2.45, 2.75) is 12.8 Å². The number of carbonyl (C=O) groups is 2. The first-order chi connectivity index (χ1) is 15.5. The van der Waals surface area contributed by atoms with Gasteiger partial charge < -0.3 is 15.5 Å². The van der Waals surface area contributed by atoms with Gasteiger partial charge in [-0.1, -0.05) is 48.2 Å². The summed E-state index contributed by atoms with van der Waals surface area (Å²) in [5.74, 6) is -1.77. The highest BCUT2D eigenvalue weighted by atomic mass is 32.2. The molecule has 0 spiro atoms. The largest absolute Gasteiger partial charge is 0.469 e. The molecule has 0 fully saturated rings. The number of fused-ring (bicyclic) bond motifs is 1. The Hall–Kier alpha value is -3.83. The van der Waals surface area contributed by atoms with E-state index in [1.807, 2.05) is 42.5 Å². The van der Waals surface area contributed by atoms with E-state index in [4.69, 9.17) is 10.2 Å². The van der Waals surface area contributed by atoms with Crippen molar-refractivity contribution in [1.29, 1.82) is 5.26 Å². The van der Waals surface area contributed by atoms with Crippen LogP contribution in [0.15, 0.2) is 80.9 Å². The highest BCUT2D eigenvalue weighted by Gasteiger charge is 2.40. The lowest BCUT2D eigenvalue weighted by molar-refractivity contribution is -0.120. The minimum Gasteiger partial charge on any atom is -0.469 e. The smallest absolute Gasteiger partial charge is 0.234 e. The van der Waals surface area contributed by atoms with E-state index in [2.05, 4.69) is 16.4 Å². The Morgan fingerprint density at radius 1 is 1.19 bits per heavy atom. The number of carbonyl (C=O) groups excluding carboxylic acids is 2. The summed E-state index contributed by atoms with van der Waals surface area (Å²) in [6.45, 7) is 1.69. The van der Waals surface area contributed by atoms with E-state index >= 15 is 0 Å². The Bertz CT molecular complexity index is 1280. The maximum absolute atomic E-state index is 12.7. The van der Waals surface area contributed by atoms with Crippen molar-refractivity contribution < 1.29 is 14.0 Å². The van der Waals surface area contributed by atoms with Gasteiger partial charge in [0.2, 0.25) is 11.8 Å². The van der Waals surface area contributed by atoms with Gasteiger partial charge in [-0.15, -0.1) is 0 Å². The maximum Gasteiger partial charge on any atom is 0.234 e. The van der Waals surface area contributed by atoms with Crippen LogP contribution in [0.3, 0.4) is 0 Å². The summed E-state index contributed by atoms with van der Waals surface area (Å²) in [4.78, 5) is 29.2. The van der Waals surface area contributed by atoms with E-state index in [-0.39, 0.29) is 17.2 Å². The number of benzene rings is 2. The molecular formula is C24H20N4O3S. The molecule has 1 aromatic heterocycles. The Morgan fingerprint density at radius 3 is 2.69 bits per heavy atom. The van der Waals surface area contributed by atoms with Gasteiger partial charge in [0.15, 0.2) is 0 Å². The quantitative estimate of drug-likeness (QED) is 0.590. The van der Waals surface area contributed by atoms with Crippen LogP contribution in [0.25, 0.3) is 10.8 Å². The Morgan fingerprint density at radius 2 is 1.97 bits per heavy atom. The molecule has 4 rings (SSSR count). The number of furan rings is 1. The number of nitrogens with one attached hydrogen (secondary N) is 1. The zero-order valence-corrected chi connectivity index (χ0v) is 18.1. The normalized spacial score (nSPS) is 18.2. The topological polar surface area (TPSA) is 121 Å². The minimum atomic E-state index is -0.787. The minimum absolute atomic E-state index is 0.0482. The summed E-state index contributed by atoms with van der Waals surface area (Å²) in [5.41, 5.74) is 7.06. The first kappa shape index (κ1) is 21.4. The molecule has 160 valence electrons. The number of allylic oxidation sites excluding steroid dienone is 1. The van der Waals surface area contributed by atoms with E-state index < -0.39 is 17.7 Å². The van der Waals surface area contributed by atoms with Gasteiger partial charge in [0, 0.05) is 16.8 Å². The molecule has 2 atom stereocenters. The Balaban J connectivity index is 1.57. The van der Waals surface area contributed by atoms with E-state index in [1.54, 1.807) is 19.1 Å². The predicted octanol–water partition coefficient (Wildman–Crippen LogP) is 4.20. The number of primary amides is 1. The molecule has 7 nitrogen and oxygen atoms in total. The van der Waals surface area contributed by atoms with Crippen molar-refractivity contribution >= 4 is 45.7 Å². The SMILES string of the molecule is CC1=NC(SCC(=O)Nc2cccc3ccccc23)=C(C#N)[C@@H](c2ccco2)C1C(N)=O.